The third-order valence-electron chi connectivity index (χ3n) is 4.89. The molecule has 0 aliphatic carbocycles. The third-order valence-corrected chi connectivity index (χ3v) is 5.98. The van der Waals surface area contributed by atoms with Gasteiger partial charge in [-0.15, -0.1) is 0 Å². The molecule has 0 saturated carbocycles. The second kappa shape index (κ2) is 7.41. The van der Waals surface area contributed by atoms with Crippen molar-refractivity contribution in [2.24, 2.45) is 0 Å². The van der Waals surface area contributed by atoms with E-state index in [4.69, 9.17) is 9.15 Å². The summed E-state index contributed by atoms with van der Waals surface area (Å²) in [6.45, 7) is 5.04. The van der Waals surface area contributed by atoms with E-state index in [-0.39, 0.29) is 5.56 Å². The van der Waals surface area contributed by atoms with Crippen molar-refractivity contribution in [2.75, 3.05) is 31.2 Å². The first kappa shape index (κ1) is 18.0. The molecule has 0 spiro atoms. The number of anilines is 1. The van der Waals surface area contributed by atoms with Crippen LogP contribution in [0.25, 0.3) is 21.8 Å². The van der Waals surface area contributed by atoms with Crippen molar-refractivity contribution < 1.29 is 9.15 Å². The number of hydrogen-bond donors (Lipinski definition) is 0. The molecule has 0 bridgehead atoms. The Labute approximate surface area is 170 Å². The number of rotatable bonds is 4. The number of hydrogen-bond acceptors (Lipinski definition) is 8. The van der Waals surface area contributed by atoms with Gasteiger partial charge < -0.3 is 14.1 Å². The SMILES string of the molecule is Cc1oc(-c2ccccc2)nc1Cn1cnc2nc(N3CCOCC3)sc2c1=O. The van der Waals surface area contributed by atoms with Gasteiger partial charge in [-0.3, -0.25) is 9.36 Å². The fraction of sp³-hybridized carbons (Fsp3) is 0.300. The third kappa shape index (κ3) is 3.43. The molecule has 0 atom stereocenters. The molecule has 0 radical (unpaired) electrons. The van der Waals surface area contributed by atoms with E-state index in [0.717, 1.165) is 23.8 Å². The van der Waals surface area contributed by atoms with Crippen LogP contribution in [-0.2, 0) is 11.3 Å². The summed E-state index contributed by atoms with van der Waals surface area (Å²) in [6, 6.07) is 9.71. The predicted molar refractivity (Wildman–Crippen MR) is 110 cm³/mol. The van der Waals surface area contributed by atoms with E-state index in [9.17, 15) is 4.79 Å². The summed E-state index contributed by atoms with van der Waals surface area (Å²) in [5.41, 5.74) is 1.99. The van der Waals surface area contributed by atoms with Crippen LogP contribution < -0.4 is 10.5 Å². The smallest absolute Gasteiger partial charge is 0.273 e. The maximum Gasteiger partial charge on any atom is 0.273 e. The quantitative estimate of drug-likeness (QED) is 0.512. The Kier molecular flexibility index (Phi) is 4.61. The molecule has 4 aromatic rings. The fourth-order valence-corrected chi connectivity index (χ4v) is 4.30. The number of oxazole rings is 1. The summed E-state index contributed by atoms with van der Waals surface area (Å²) in [5.74, 6) is 1.24. The lowest BCUT2D eigenvalue weighted by molar-refractivity contribution is 0.122. The van der Waals surface area contributed by atoms with Gasteiger partial charge in [-0.05, 0) is 19.1 Å². The van der Waals surface area contributed by atoms with Crippen LogP contribution >= 0.6 is 11.3 Å². The summed E-state index contributed by atoms with van der Waals surface area (Å²) in [6.07, 6.45) is 1.53. The first-order valence-electron chi connectivity index (χ1n) is 9.39. The zero-order valence-corrected chi connectivity index (χ0v) is 16.7. The van der Waals surface area contributed by atoms with Gasteiger partial charge in [-0.2, -0.15) is 4.98 Å². The van der Waals surface area contributed by atoms with Gasteiger partial charge in [0, 0.05) is 18.7 Å². The Morgan fingerprint density at radius 1 is 1.14 bits per heavy atom. The Morgan fingerprint density at radius 2 is 1.93 bits per heavy atom. The lowest BCUT2D eigenvalue weighted by atomic mass is 10.2. The summed E-state index contributed by atoms with van der Waals surface area (Å²) >= 11 is 1.38. The van der Waals surface area contributed by atoms with Crippen molar-refractivity contribution in [2.45, 2.75) is 13.5 Å². The van der Waals surface area contributed by atoms with E-state index in [1.807, 2.05) is 37.3 Å². The van der Waals surface area contributed by atoms with E-state index in [1.165, 1.54) is 17.7 Å². The van der Waals surface area contributed by atoms with Crippen molar-refractivity contribution >= 4 is 26.8 Å². The largest absolute Gasteiger partial charge is 0.441 e. The van der Waals surface area contributed by atoms with E-state index in [1.54, 1.807) is 4.57 Å². The lowest BCUT2D eigenvalue weighted by Crippen LogP contribution is -2.36. The Balaban J connectivity index is 1.46. The monoisotopic (exact) mass is 409 g/mol. The minimum atomic E-state index is -0.115. The average molecular weight is 409 g/mol. The van der Waals surface area contributed by atoms with E-state index < -0.39 is 0 Å². The molecule has 0 amide bonds. The summed E-state index contributed by atoms with van der Waals surface area (Å²) in [5, 5.41) is 0.814. The molecular formula is C20H19N5O3S. The topological polar surface area (TPSA) is 86.3 Å². The van der Waals surface area contributed by atoms with Gasteiger partial charge in [0.05, 0.1) is 19.8 Å². The van der Waals surface area contributed by atoms with Crippen molar-refractivity contribution in [3.05, 3.63) is 58.5 Å². The zero-order chi connectivity index (χ0) is 19.8. The van der Waals surface area contributed by atoms with Crippen LogP contribution in [0.4, 0.5) is 5.13 Å². The normalized spacial score (nSPS) is 14.6. The van der Waals surface area contributed by atoms with E-state index in [0.29, 0.717) is 47.5 Å². The molecule has 0 unspecified atom stereocenters. The molecule has 9 heteroatoms. The average Bonchev–Trinajstić information content (AvgIpc) is 3.36. The lowest BCUT2D eigenvalue weighted by Gasteiger charge is -2.25. The molecule has 1 saturated heterocycles. The number of fused-ring (bicyclic) bond motifs is 1. The maximum absolute atomic E-state index is 13.0. The number of benzene rings is 1. The van der Waals surface area contributed by atoms with Crippen LogP contribution in [0, 0.1) is 6.92 Å². The molecule has 29 heavy (non-hydrogen) atoms. The van der Waals surface area contributed by atoms with Crippen LogP contribution in [0.15, 0.2) is 45.9 Å². The predicted octanol–water partition coefficient (Wildman–Crippen LogP) is 2.70. The Bertz CT molecular complexity index is 1210. The molecule has 1 aliphatic rings. The zero-order valence-electron chi connectivity index (χ0n) is 15.9. The van der Waals surface area contributed by atoms with Gasteiger partial charge in [0.25, 0.3) is 5.56 Å². The highest BCUT2D eigenvalue weighted by atomic mass is 32.1. The van der Waals surface area contributed by atoms with Crippen molar-refractivity contribution in [3.8, 4) is 11.5 Å². The molecule has 1 aliphatic heterocycles. The number of aryl methyl sites for hydroxylation is 1. The molecule has 5 rings (SSSR count). The molecular weight excluding hydrogens is 390 g/mol. The first-order valence-corrected chi connectivity index (χ1v) is 10.2. The number of ether oxygens (including phenoxy) is 1. The highest BCUT2D eigenvalue weighted by Gasteiger charge is 2.19. The minimum Gasteiger partial charge on any atom is -0.441 e. The number of aromatic nitrogens is 4. The van der Waals surface area contributed by atoms with Crippen LogP contribution in [-0.4, -0.2) is 45.8 Å². The van der Waals surface area contributed by atoms with Crippen LogP contribution in [0.2, 0.25) is 0 Å². The highest BCUT2D eigenvalue weighted by Crippen LogP contribution is 2.26. The molecule has 0 N–H and O–H groups in total. The van der Waals surface area contributed by atoms with Crippen LogP contribution in [0.1, 0.15) is 11.5 Å². The van der Waals surface area contributed by atoms with E-state index >= 15 is 0 Å². The van der Waals surface area contributed by atoms with Crippen LogP contribution in [0.3, 0.4) is 0 Å². The standard InChI is InChI=1S/C20H19N5O3S/c1-13-15(22-18(28-13)14-5-3-2-4-6-14)11-25-12-21-17-16(19(25)26)29-20(23-17)24-7-9-27-10-8-24/h2-6,12H,7-11H2,1H3. The van der Waals surface area contributed by atoms with Crippen LogP contribution in [0.5, 0.6) is 0 Å². The van der Waals surface area contributed by atoms with Crippen molar-refractivity contribution in [1.82, 2.24) is 19.5 Å². The summed E-state index contributed by atoms with van der Waals surface area (Å²) < 4.78 is 13.3. The molecule has 148 valence electrons. The van der Waals surface area contributed by atoms with Gasteiger partial charge in [-0.1, -0.05) is 29.5 Å². The fourth-order valence-electron chi connectivity index (χ4n) is 3.28. The molecule has 3 aromatic heterocycles. The highest BCUT2D eigenvalue weighted by molar-refractivity contribution is 7.22. The van der Waals surface area contributed by atoms with E-state index in [2.05, 4.69) is 19.9 Å². The molecule has 1 fully saturated rings. The van der Waals surface area contributed by atoms with Crippen molar-refractivity contribution in [3.63, 3.8) is 0 Å². The minimum absolute atomic E-state index is 0.115. The first-order chi connectivity index (χ1) is 14.2. The van der Waals surface area contributed by atoms with Gasteiger partial charge in [0.1, 0.15) is 22.5 Å². The molecule has 4 heterocycles. The summed E-state index contributed by atoms with van der Waals surface area (Å²) in [4.78, 5) is 28.7. The molecule has 1 aromatic carbocycles. The molecule has 8 nitrogen and oxygen atoms in total. The van der Waals surface area contributed by atoms with Gasteiger partial charge in [0.15, 0.2) is 10.8 Å². The number of nitrogens with zero attached hydrogens (tertiary/aromatic N) is 5. The van der Waals surface area contributed by atoms with Crippen molar-refractivity contribution in [1.29, 1.82) is 0 Å². The Morgan fingerprint density at radius 3 is 2.72 bits per heavy atom. The number of thiazole rings is 1. The van der Waals surface area contributed by atoms with Gasteiger partial charge in [-0.25, -0.2) is 9.97 Å². The second-order valence-corrected chi connectivity index (χ2v) is 7.79. The number of morpholine rings is 1. The maximum atomic E-state index is 13.0. The van der Waals surface area contributed by atoms with Gasteiger partial charge in [0.2, 0.25) is 5.89 Å². The van der Waals surface area contributed by atoms with Gasteiger partial charge >= 0.3 is 0 Å². The second-order valence-electron chi connectivity index (χ2n) is 6.81. The Hall–Kier alpha value is -3.04. The summed E-state index contributed by atoms with van der Waals surface area (Å²) in [7, 11) is 0.